The van der Waals surface area contributed by atoms with Crippen LogP contribution in [-0.4, -0.2) is 49.0 Å². The molecule has 0 N–H and O–H groups in total. The van der Waals surface area contributed by atoms with Crippen molar-refractivity contribution in [3.63, 3.8) is 0 Å². The van der Waals surface area contributed by atoms with Crippen molar-refractivity contribution in [3.05, 3.63) is 47.7 Å². The van der Waals surface area contributed by atoms with Crippen molar-refractivity contribution in [1.29, 1.82) is 0 Å². The van der Waals surface area contributed by atoms with Crippen LogP contribution in [0.15, 0.2) is 35.0 Å². The molecule has 134 valence electrons. The van der Waals surface area contributed by atoms with Gasteiger partial charge in [-0.3, -0.25) is 4.79 Å². The zero-order valence-electron chi connectivity index (χ0n) is 14.2. The summed E-state index contributed by atoms with van der Waals surface area (Å²) >= 11 is 0. The molecule has 1 aromatic carbocycles. The van der Waals surface area contributed by atoms with Crippen molar-refractivity contribution in [1.82, 2.24) is 30.0 Å². The first-order valence-corrected chi connectivity index (χ1v) is 8.43. The number of halogens is 1. The maximum Gasteiger partial charge on any atom is 0.280 e. The van der Waals surface area contributed by atoms with Gasteiger partial charge in [-0.05, 0) is 30.7 Å². The number of carbonyl (C=O) groups excluding carboxylic acids is 1. The van der Waals surface area contributed by atoms with Crippen LogP contribution in [0.3, 0.4) is 0 Å². The SMILES string of the molecule is CCc1noc(-c2cn(C3CCN(C(=O)c4ccc(F)cc4)C3)nn2)n1. The Bertz CT molecular complexity index is 919. The van der Waals surface area contributed by atoms with E-state index in [2.05, 4.69) is 20.5 Å². The van der Waals surface area contributed by atoms with Crippen LogP contribution in [0.5, 0.6) is 0 Å². The number of carbonyl (C=O) groups is 1. The Morgan fingerprint density at radius 1 is 1.35 bits per heavy atom. The molecule has 0 bridgehead atoms. The van der Waals surface area contributed by atoms with Crippen LogP contribution in [0.25, 0.3) is 11.6 Å². The van der Waals surface area contributed by atoms with E-state index < -0.39 is 0 Å². The summed E-state index contributed by atoms with van der Waals surface area (Å²) in [7, 11) is 0. The van der Waals surface area contributed by atoms with Gasteiger partial charge in [-0.25, -0.2) is 9.07 Å². The second-order valence-corrected chi connectivity index (χ2v) is 6.15. The third kappa shape index (κ3) is 3.07. The fourth-order valence-electron chi connectivity index (χ4n) is 2.97. The van der Waals surface area contributed by atoms with Gasteiger partial charge in [0.15, 0.2) is 11.5 Å². The molecular weight excluding hydrogens is 339 g/mol. The van der Waals surface area contributed by atoms with Crippen molar-refractivity contribution >= 4 is 5.91 Å². The lowest BCUT2D eigenvalue weighted by atomic mass is 10.2. The summed E-state index contributed by atoms with van der Waals surface area (Å²) in [6, 6.07) is 5.60. The molecule has 0 radical (unpaired) electrons. The number of rotatable bonds is 4. The van der Waals surface area contributed by atoms with Gasteiger partial charge in [0, 0.05) is 25.1 Å². The van der Waals surface area contributed by atoms with Crippen molar-refractivity contribution in [2.75, 3.05) is 13.1 Å². The normalized spacial score (nSPS) is 17.0. The molecule has 1 aliphatic heterocycles. The number of amides is 1. The first kappa shape index (κ1) is 16.4. The Kier molecular flexibility index (Phi) is 4.19. The van der Waals surface area contributed by atoms with E-state index in [4.69, 9.17) is 4.52 Å². The summed E-state index contributed by atoms with van der Waals surface area (Å²) < 4.78 is 19.9. The maximum absolute atomic E-state index is 13.0. The van der Waals surface area contributed by atoms with Crippen LogP contribution in [0.1, 0.15) is 35.6 Å². The van der Waals surface area contributed by atoms with Gasteiger partial charge in [-0.15, -0.1) is 5.10 Å². The highest BCUT2D eigenvalue weighted by atomic mass is 19.1. The third-order valence-electron chi connectivity index (χ3n) is 4.43. The monoisotopic (exact) mass is 356 g/mol. The Labute approximate surface area is 148 Å². The van der Waals surface area contributed by atoms with Crippen molar-refractivity contribution < 1.29 is 13.7 Å². The molecule has 1 saturated heterocycles. The summed E-state index contributed by atoms with van der Waals surface area (Å²) in [4.78, 5) is 18.5. The minimum Gasteiger partial charge on any atom is -0.336 e. The van der Waals surface area contributed by atoms with Gasteiger partial charge in [0.25, 0.3) is 11.8 Å². The van der Waals surface area contributed by atoms with Gasteiger partial charge in [0.05, 0.1) is 12.2 Å². The molecule has 1 unspecified atom stereocenters. The molecule has 1 aliphatic rings. The summed E-state index contributed by atoms with van der Waals surface area (Å²) in [5.41, 5.74) is 0.991. The van der Waals surface area contributed by atoms with Crippen LogP contribution >= 0.6 is 0 Å². The van der Waals surface area contributed by atoms with E-state index in [0.29, 0.717) is 42.5 Å². The molecule has 1 fully saturated rings. The number of aromatic nitrogens is 5. The van der Waals surface area contributed by atoms with E-state index in [1.54, 1.807) is 15.8 Å². The molecule has 9 heteroatoms. The van der Waals surface area contributed by atoms with Gasteiger partial charge in [0.2, 0.25) is 0 Å². The van der Waals surface area contributed by atoms with Crippen LogP contribution < -0.4 is 0 Å². The van der Waals surface area contributed by atoms with Gasteiger partial charge < -0.3 is 9.42 Å². The average Bonchev–Trinajstić information content (AvgIpc) is 3.40. The number of aryl methyl sites for hydroxylation is 1. The lowest BCUT2D eigenvalue weighted by Crippen LogP contribution is -2.29. The van der Waals surface area contributed by atoms with Gasteiger partial charge in [-0.1, -0.05) is 17.3 Å². The van der Waals surface area contributed by atoms with Gasteiger partial charge in [0.1, 0.15) is 5.82 Å². The molecule has 4 rings (SSSR count). The standard InChI is InChI=1S/C17H17FN6O2/c1-2-15-19-16(26-21-15)14-10-24(22-20-14)13-7-8-23(9-13)17(25)11-3-5-12(18)6-4-11/h3-6,10,13H,2,7-9H2,1H3. The van der Waals surface area contributed by atoms with E-state index in [0.717, 1.165) is 6.42 Å². The van der Waals surface area contributed by atoms with Crippen molar-refractivity contribution in [2.24, 2.45) is 0 Å². The average molecular weight is 356 g/mol. The van der Waals surface area contributed by atoms with Gasteiger partial charge in [-0.2, -0.15) is 4.98 Å². The number of nitrogens with zero attached hydrogens (tertiary/aromatic N) is 6. The zero-order chi connectivity index (χ0) is 18.1. The topological polar surface area (TPSA) is 89.9 Å². The fourth-order valence-corrected chi connectivity index (χ4v) is 2.97. The van der Waals surface area contributed by atoms with Crippen molar-refractivity contribution in [2.45, 2.75) is 25.8 Å². The second-order valence-electron chi connectivity index (χ2n) is 6.15. The minimum atomic E-state index is -0.358. The largest absolute Gasteiger partial charge is 0.336 e. The maximum atomic E-state index is 13.0. The first-order chi connectivity index (χ1) is 12.6. The summed E-state index contributed by atoms with van der Waals surface area (Å²) in [6.07, 6.45) is 3.20. The quantitative estimate of drug-likeness (QED) is 0.711. The van der Waals surface area contributed by atoms with Crippen LogP contribution in [0, 0.1) is 5.82 Å². The van der Waals surface area contributed by atoms with Crippen LogP contribution in [0.2, 0.25) is 0 Å². The third-order valence-corrected chi connectivity index (χ3v) is 4.43. The Morgan fingerprint density at radius 2 is 2.15 bits per heavy atom. The lowest BCUT2D eigenvalue weighted by molar-refractivity contribution is 0.0787. The number of benzene rings is 1. The predicted octanol–water partition coefficient (Wildman–Crippen LogP) is 2.12. The first-order valence-electron chi connectivity index (χ1n) is 8.43. The highest BCUT2D eigenvalue weighted by molar-refractivity contribution is 5.94. The van der Waals surface area contributed by atoms with Gasteiger partial charge >= 0.3 is 0 Å². The molecule has 3 heterocycles. The van der Waals surface area contributed by atoms with E-state index >= 15 is 0 Å². The second kappa shape index (κ2) is 6.66. The number of likely N-dealkylation sites (tertiary alicyclic amines) is 1. The van der Waals surface area contributed by atoms with E-state index in [-0.39, 0.29) is 17.8 Å². The summed E-state index contributed by atoms with van der Waals surface area (Å²) in [5.74, 6) is 0.484. The predicted molar refractivity (Wildman–Crippen MR) is 88.6 cm³/mol. The minimum absolute atomic E-state index is 0.0224. The molecular formula is C17H17FN6O2. The molecule has 0 spiro atoms. The van der Waals surface area contributed by atoms with Crippen LogP contribution in [-0.2, 0) is 6.42 Å². The number of hydrogen-bond acceptors (Lipinski definition) is 6. The Balaban J connectivity index is 1.45. The van der Waals surface area contributed by atoms with Crippen molar-refractivity contribution in [3.8, 4) is 11.6 Å². The number of hydrogen-bond donors (Lipinski definition) is 0. The highest BCUT2D eigenvalue weighted by Gasteiger charge is 2.29. The molecule has 8 nitrogen and oxygen atoms in total. The molecule has 1 amide bonds. The molecule has 26 heavy (non-hydrogen) atoms. The lowest BCUT2D eigenvalue weighted by Gasteiger charge is -2.16. The Hall–Kier alpha value is -3.10. The van der Waals surface area contributed by atoms with E-state index in [9.17, 15) is 9.18 Å². The molecule has 0 saturated carbocycles. The van der Waals surface area contributed by atoms with Crippen LogP contribution in [0.4, 0.5) is 4.39 Å². The smallest absolute Gasteiger partial charge is 0.280 e. The van der Waals surface area contributed by atoms with E-state index in [1.165, 1.54) is 24.3 Å². The Morgan fingerprint density at radius 3 is 2.88 bits per heavy atom. The molecule has 3 aromatic rings. The molecule has 1 atom stereocenters. The summed E-state index contributed by atoms with van der Waals surface area (Å²) in [6.45, 7) is 3.07. The van der Waals surface area contributed by atoms with E-state index in [1.807, 2.05) is 6.92 Å². The summed E-state index contributed by atoms with van der Waals surface area (Å²) in [5, 5.41) is 12.1. The highest BCUT2D eigenvalue weighted by Crippen LogP contribution is 2.24. The zero-order valence-corrected chi connectivity index (χ0v) is 14.2. The fraction of sp³-hybridized carbons (Fsp3) is 0.353. The molecule has 2 aromatic heterocycles. The molecule has 0 aliphatic carbocycles.